The minimum Gasteiger partial charge on any atom is -0.406 e. The molecular formula is C9H10F3NOS. The number of alkyl halides is 3. The summed E-state index contributed by atoms with van der Waals surface area (Å²) in [4.78, 5) is 0. The van der Waals surface area contributed by atoms with E-state index in [0.717, 1.165) is 5.75 Å². The molecule has 0 unspecified atom stereocenters. The Kier molecular flexibility index (Phi) is 4.14. The van der Waals surface area contributed by atoms with E-state index in [4.69, 9.17) is 0 Å². The summed E-state index contributed by atoms with van der Waals surface area (Å²) in [6.45, 7) is 1.94. The summed E-state index contributed by atoms with van der Waals surface area (Å²) in [7, 11) is 0. The standard InChI is InChI=1S/C9H10F3NOS/c1-2-15-13-7-4-3-5-8(6-7)14-9(10,11)12/h3-6,13H,2H2,1H3. The lowest BCUT2D eigenvalue weighted by molar-refractivity contribution is -0.274. The highest BCUT2D eigenvalue weighted by Crippen LogP contribution is 2.25. The van der Waals surface area contributed by atoms with Gasteiger partial charge in [0, 0.05) is 17.5 Å². The van der Waals surface area contributed by atoms with Crippen LogP contribution in [0.2, 0.25) is 0 Å². The maximum absolute atomic E-state index is 11.9. The fourth-order valence-electron chi connectivity index (χ4n) is 0.912. The van der Waals surface area contributed by atoms with Gasteiger partial charge in [-0.1, -0.05) is 24.9 Å². The predicted octanol–water partition coefficient (Wildman–Crippen LogP) is 3.67. The van der Waals surface area contributed by atoms with Gasteiger partial charge in [-0.2, -0.15) is 0 Å². The number of ether oxygens (including phenoxy) is 1. The van der Waals surface area contributed by atoms with Gasteiger partial charge in [-0.25, -0.2) is 0 Å². The zero-order valence-electron chi connectivity index (χ0n) is 7.97. The molecule has 15 heavy (non-hydrogen) atoms. The molecule has 0 amide bonds. The van der Waals surface area contributed by atoms with Crippen molar-refractivity contribution in [3.8, 4) is 5.75 Å². The Balaban J connectivity index is 2.66. The maximum atomic E-state index is 11.9. The number of hydrogen-bond acceptors (Lipinski definition) is 3. The minimum absolute atomic E-state index is 0.218. The molecule has 84 valence electrons. The Morgan fingerprint density at radius 1 is 1.40 bits per heavy atom. The molecule has 2 nitrogen and oxygen atoms in total. The second kappa shape index (κ2) is 5.16. The smallest absolute Gasteiger partial charge is 0.406 e. The second-order valence-electron chi connectivity index (χ2n) is 2.61. The van der Waals surface area contributed by atoms with E-state index in [0.29, 0.717) is 5.69 Å². The molecule has 6 heteroatoms. The summed E-state index contributed by atoms with van der Waals surface area (Å²) in [5.74, 6) is 0.605. The first-order valence-electron chi connectivity index (χ1n) is 4.25. The van der Waals surface area contributed by atoms with Gasteiger partial charge in [-0.05, 0) is 12.1 Å². The molecule has 0 atom stereocenters. The molecule has 1 aromatic carbocycles. The molecule has 0 spiro atoms. The summed E-state index contributed by atoms with van der Waals surface area (Å²) in [5.41, 5.74) is 0.587. The number of hydrogen-bond donors (Lipinski definition) is 1. The highest BCUT2D eigenvalue weighted by Gasteiger charge is 2.31. The Bertz CT molecular complexity index is 316. The highest BCUT2D eigenvalue weighted by molar-refractivity contribution is 8.00. The average Bonchev–Trinajstić information content (AvgIpc) is 2.12. The third kappa shape index (κ3) is 4.83. The zero-order chi connectivity index (χ0) is 11.3. The van der Waals surface area contributed by atoms with Gasteiger partial charge in [0.15, 0.2) is 0 Å². The monoisotopic (exact) mass is 237 g/mol. The molecule has 1 N–H and O–H groups in total. The molecular weight excluding hydrogens is 227 g/mol. The van der Waals surface area contributed by atoms with Crippen LogP contribution in [-0.2, 0) is 0 Å². The third-order valence-electron chi connectivity index (χ3n) is 1.40. The van der Waals surface area contributed by atoms with Crippen LogP contribution in [0.3, 0.4) is 0 Å². The Labute approximate surface area is 89.9 Å². The van der Waals surface area contributed by atoms with Crippen LogP contribution >= 0.6 is 11.9 Å². The lowest BCUT2D eigenvalue weighted by Crippen LogP contribution is -2.17. The number of anilines is 1. The van der Waals surface area contributed by atoms with Crippen LogP contribution in [0.4, 0.5) is 18.9 Å². The Hall–Kier alpha value is -1.04. The lowest BCUT2D eigenvalue weighted by atomic mass is 10.3. The molecule has 0 saturated heterocycles. The highest BCUT2D eigenvalue weighted by atomic mass is 32.2. The van der Waals surface area contributed by atoms with E-state index in [1.165, 1.54) is 30.1 Å². The van der Waals surface area contributed by atoms with E-state index < -0.39 is 6.36 Å². The quantitative estimate of drug-likeness (QED) is 0.807. The van der Waals surface area contributed by atoms with Gasteiger partial charge in [0.2, 0.25) is 0 Å². The molecule has 1 rings (SSSR count). The molecule has 0 aliphatic rings. The average molecular weight is 237 g/mol. The van der Waals surface area contributed by atoms with Crippen molar-refractivity contribution in [1.29, 1.82) is 0 Å². The van der Waals surface area contributed by atoms with Gasteiger partial charge in [-0.3, -0.25) is 0 Å². The van der Waals surface area contributed by atoms with Crippen LogP contribution in [0.25, 0.3) is 0 Å². The first-order chi connectivity index (χ1) is 7.01. The first kappa shape index (κ1) is 12.0. The van der Waals surface area contributed by atoms with Gasteiger partial charge in [0.25, 0.3) is 0 Å². The zero-order valence-corrected chi connectivity index (χ0v) is 8.78. The predicted molar refractivity (Wildman–Crippen MR) is 54.9 cm³/mol. The SMILES string of the molecule is CCSNc1cccc(OC(F)(F)F)c1. The number of halogens is 3. The van der Waals surface area contributed by atoms with E-state index in [-0.39, 0.29) is 5.75 Å². The van der Waals surface area contributed by atoms with Gasteiger partial charge in [0.05, 0.1) is 0 Å². The van der Waals surface area contributed by atoms with Crippen LogP contribution in [0.15, 0.2) is 24.3 Å². The first-order valence-corrected chi connectivity index (χ1v) is 5.23. The molecule has 0 radical (unpaired) electrons. The van der Waals surface area contributed by atoms with Crippen LogP contribution in [0, 0.1) is 0 Å². The van der Waals surface area contributed by atoms with Gasteiger partial charge in [-0.15, -0.1) is 13.2 Å². The van der Waals surface area contributed by atoms with Gasteiger partial charge >= 0.3 is 6.36 Å². The van der Waals surface area contributed by atoms with Crippen molar-refractivity contribution in [1.82, 2.24) is 0 Å². The fourth-order valence-corrected chi connectivity index (χ4v) is 1.35. The van der Waals surface area contributed by atoms with Crippen molar-refractivity contribution >= 4 is 17.6 Å². The van der Waals surface area contributed by atoms with Gasteiger partial charge in [0.1, 0.15) is 5.75 Å². The fraction of sp³-hybridized carbons (Fsp3) is 0.333. The Morgan fingerprint density at radius 2 is 2.13 bits per heavy atom. The van der Waals surface area contributed by atoms with E-state index in [1.54, 1.807) is 6.07 Å². The van der Waals surface area contributed by atoms with E-state index in [9.17, 15) is 13.2 Å². The van der Waals surface area contributed by atoms with E-state index >= 15 is 0 Å². The number of rotatable bonds is 4. The maximum Gasteiger partial charge on any atom is 0.573 e. The van der Waals surface area contributed by atoms with Crippen LogP contribution in [0.1, 0.15) is 6.92 Å². The summed E-state index contributed by atoms with van der Waals surface area (Å²) in [5, 5.41) is 0. The van der Waals surface area contributed by atoms with Crippen molar-refractivity contribution in [3.05, 3.63) is 24.3 Å². The van der Waals surface area contributed by atoms with Crippen molar-refractivity contribution < 1.29 is 17.9 Å². The Morgan fingerprint density at radius 3 is 2.73 bits per heavy atom. The third-order valence-corrected chi connectivity index (χ3v) is 2.07. The topological polar surface area (TPSA) is 21.3 Å². The molecule has 0 bridgehead atoms. The molecule has 0 heterocycles. The summed E-state index contributed by atoms with van der Waals surface area (Å²) in [6.07, 6.45) is -4.64. The van der Waals surface area contributed by atoms with Crippen molar-refractivity contribution in [2.24, 2.45) is 0 Å². The summed E-state index contributed by atoms with van der Waals surface area (Å²) >= 11 is 1.40. The number of nitrogens with one attached hydrogen (secondary N) is 1. The van der Waals surface area contributed by atoms with Crippen LogP contribution in [-0.4, -0.2) is 12.1 Å². The van der Waals surface area contributed by atoms with Crippen molar-refractivity contribution in [3.63, 3.8) is 0 Å². The van der Waals surface area contributed by atoms with Crippen LogP contribution < -0.4 is 9.46 Å². The molecule has 0 aliphatic carbocycles. The summed E-state index contributed by atoms with van der Waals surface area (Å²) < 4.78 is 42.3. The normalized spacial score (nSPS) is 11.2. The lowest BCUT2D eigenvalue weighted by Gasteiger charge is -2.10. The largest absolute Gasteiger partial charge is 0.573 e. The minimum atomic E-state index is -4.64. The molecule has 0 fully saturated rings. The molecule has 1 aromatic rings. The van der Waals surface area contributed by atoms with E-state index in [1.807, 2.05) is 6.92 Å². The van der Waals surface area contributed by atoms with Gasteiger partial charge < -0.3 is 9.46 Å². The molecule has 0 saturated carbocycles. The number of benzene rings is 1. The molecule has 0 aliphatic heterocycles. The second-order valence-corrected chi connectivity index (χ2v) is 3.68. The van der Waals surface area contributed by atoms with Crippen LogP contribution in [0.5, 0.6) is 5.75 Å². The molecule has 0 aromatic heterocycles. The van der Waals surface area contributed by atoms with Crippen molar-refractivity contribution in [2.45, 2.75) is 13.3 Å². The van der Waals surface area contributed by atoms with Crippen molar-refractivity contribution in [2.75, 3.05) is 10.5 Å². The summed E-state index contributed by atoms with van der Waals surface area (Å²) in [6, 6.07) is 5.73. The van der Waals surface area contributed by atoms with E-state index in [2.05, 4.69) is 9.46 Å².